The molecule has 1 aromatic heterocycles. The van der Waals surface area contributed by atoms with Crippen molar-refractivity contribution in [3.8, 4) is 0 Å². The number of nitrogens with zero attached hydrogens (tertiary/aromatic N) is 2. The molecule has 5 heteroatoms. The average Bonchev–Trinajstić information content (AvgIpc) is 2.47. The molecule has 1 unspecified atom stereocenters. The lowest BCUT2D eigenvalue weighted by Crippen LogP contribution is -2.32. The predicted octanol–water partition coefficient (Wildman–Crippen LogP) is 2.19. The van der Waals surface area contributed by atoms with Gasteiger partial charge >= 0.3 is 0 Å². The lowest BCUT2D eigenvalue weighted by molar-refractivity contribution is 0.0575. The highest BCUT2D eigenvalue weighted by atomic mass is 19.1. The topological polar surface area (TPSA) is 37.4 Å². The maximum Gasteiger partial charge on any atom is 0.170 e. The Morgan fingerprint density at radius 1 is 1.55 bits per heavy atom. The highest BCUT2D eigenvalue weighted by Crippen LogP contribution is 2.21. The lowest BCUT2D eigenvalue weighted by atomic mass is 10.0. The summed E-state index contributed by atoms with van der Waals surface area (Å²) in [5.74, 6) is 0.686. The lowest BCUT2D eigenvalue weighted by Gasteiger charge is -2.28. The zero-order valence-electron chi connectivity index (χ0n) is 12.4. The van der Waals surface area contributed by atoms with Crippen LogP contribution in [0.4, 0.5) is 10.2 Å². The van der Waals surface area contributed by atoms with Gasteiger partial charge in [0.1, 0.15) is 0 Å². The molecule has 1 aromatic rings. The molecule has 1 aliphatic rings. The fraction of sp³-hybridized carbons (Fsp3) is 0.667. The number of rotatable bonds is 6. The summed E-state index contributed by atoms with van der Waals surface area (Å²) < 4.78 is 19.9. The minimum Gasteiger partial charge on any atom is -0.381 e. The molecule has 0 amide bonds. The van der Waals surface area contributed by atoms with Crippen molar-refractivity contribution in [1.82, 2.24) is 10.3 Å². The predicted molar refractivity (Wildman–Crippen MR) is 78.4 cm³/mol. The summed E-state index contributed by atoms with van der Waals surface area (Å²) in [6.07, 6.45) is 3.91. The summed E-state index contributed by atoms with van der Waals surface area (Å²) in [6.45, 7) is 5.78. The normalized spacial score (nSPS) is 19.1. The zero-order valence-corrected chi connectivity index (χ0v) is 12.4. The first kappa shape index (κ1) is 15.2. The number of halogens is 1. The van der Waals surface area contributed by atoms with Gasteiger partial charge < -0.3 is 15.0 Å². The largest absolute Gasteiger partial charge is 0.381 e. The van der Waals surface area contributed by atoms with Gasteiger partial charge in [0.05, 0.1) is 6.61 Å². The SMILES string of the molecule is CCNCc1ccnc(N(C)CC2CCCOC2)c1F. The van der Waals surface area contributed by atoms with Crippen molar-refractivity contribution in [2.24, 2.45) is 5.92 Å². The summed E-state index contributed by atoms with van der Waals surface area (Å²) in [6, 6.07) is 1.74. The van der Waals surface area contributed by atoms with Crippen molar-refractivity contribution < 1.29 is 9.13 Å². The molecule has 1 N–H and O–H groups in total. The molecule has 0 aromatic carbocycles. The van der Waals surface area contributed by atoms with E-state index in [1.54, 1.807) is 12.3 Å². The van der Waals surface area contributed by atoms with Crippen LogP contribution in [0.1, 0.15) is 25.3 Å². The average molecular weight is 281 g/mol. The van der Waals surface area contributed by atoms with Crippen LogP contribution in [-0.4, -0.2) is 38.3 Å². The Morgan fingerprint density at radius 2 is 2.40 bits per heavy atom. The van der Waals surface area contributed by atoms with Crippen LogP contribution in [0.3, 0.4) is 0 Å². The number of hydrogen-bond acceptors (Lipinski definition) is 4. The standard InChI is InChI=1S/C15H24FN3O/c1-3-17-9-13-6-7-18-15(14(13)16)19(2)10-12-5-4-8-20-11-12/h6-7,12,17H,3-5,8-11H2,1-2H3. The number of aromatic nitrogens is 1. The highest BCUT2D eigenvalue weighted by molar-refractivity contribution is 5.42. The van der Waals surface area contributed by atoms with Gasteiger partial charge in [-0.25, -0.2) is 9.37 Å². The molecule has 0 saturated carbocycles. The van der Waals surface area contributed by atoms with E-state index in [4.69, 9.17) is 4.74 Å². The van der Waals surface area contributed by atoms with E-state index in [9.17, 15) is 4.39 Å². The van der Waals surface area contributed by atoms with Crippen molar-refractivity contribution in [1.29, 1.82) is 0 Å². The van der Waals surface area contributed by atoms with Gasteiger partial charge in [-0.05, 0) is 31.4 Å². The van der Waals surface area contributed by atoms with Crippen LogP contribution in [0, 0.1) is 11.7 Å². The summed E-state index contributed by atoms with van der Waals surface area (Å²) in [5, 5.41) is 3.15. The van der Waals surface area contributed by atoms with E-state index >= 15 is 0 Å². The van der Waals surface area contributed by atoms with E-state index in [-0.39, 0.29) is 5.82 Å². The van der Waals surface area contributed by atoms with Crippen molar-refractivity contribution in [2.75, 3.05) is 38.3 Å². The van der Waals surface area contributed by atoms with E-state index < -0.39 is 0 Å². The maximum absolute atomic E-state index is 14.4. The van der Waals surface area contributed by atoms with Crippen LogP contribution < -0.4 is 10.2 Å². The Bertz CT molecular complexity index is 422. The third-order valence-corrected chi connectivity index (χ3v) is 3.66. The van der Waals surface area contributed by atoms with Crippen LogP contribution in [0.2, 0.25) is 0 Å². The number of pyridine rings is 1. The number of anilines is 1. The Morgan fingerprint density at radius 3 is 3.10 bits per heavy atom. The Balaban J connectivity index is 2.02. The van der Waals surface area contributed by atoms with Crippen molar-refractivity contribution >= 4 is 5.82 Å². The smallest absolute Gasteiger partial charge is 0.170 e. The molecular formula is C15H24FN3O. The second kappa shape index (κ2) is 7.55. The molecule has 2 rings (SSSR count). The van der Waals surface area contributed by atoms with Gasteiger partial charge in [-0.15, -0.1) is 0 Å². The van der Waals surface area contributed by atoms with Gasteiger partial charge in [-0.1, -0.05) is 6.92 Å². The van der Waals surface area contributed by atoms with E-state index in [0.717, 1.165) is 39.1 Å². The molecule has 0 spiro atoms. The maximum atomic E-state index is 14.4. The van der Waals surface area contributed by atoms with Crippen molar-refractivity contribution in [3.05, 3.63) is 23.6 Å². The van der Waals surface area contributed by atoms with Gasteiger partial charge in [-0.3, -0.25) is 0 Å². The first-order valence-electron chi connectivity index (χ1n) is 7.35. The summed E-state index contributed by atoms with van der Waals surface area (Å²) in [4.78, 5) is 6.10. The summed E-state index contributed by atoms with van der Waals surface area (Å²) in [5.41, 5.74) is 0.670. The molecule has 4 nitrogen and oxygen atoms in total. The first-order valence-corrected chi connectivity index (χ1v) is 7.35. The van der Waals surface area contributed by atoms with E-state index in [0.29, 0.717) is 23.8 Å². The van der Waals surface area contributed by atoms with Gasteiger partial charge in [0.25, 0.3) is 0 Å². The molecule has 0 aliphatic carbocycles. The fourth-order valence-corrected chi connectivity index (χ4v) is 2.56. The van der Waals surface area contributed by atoms with Gasteiger partial charge in [0.2, 0.25) is 0 Å². The molecule has 20 heavy (non-hydrogen) atoms. The molecule has 1 saturated heterocycles. The summed E-state index contributed by atoms with van der Waals surface area (Å²) >= 11 is 0. The van der Waals surface area contributed by atoms with Crippen molar-refractivity contribution in [2.45, 2.75) is 26.3 Å². The number of nitrogens with one attached hydrogen (secondary N) is 1. The van der Waals surface area contributed by atoms with Crippen molar-refractivity contribution in [3.63, 3.8) is 0 Å². The monoisotopic (exact) mass is 281 g/mol. The van der Waals surface area contributed by atoms with Gasteiger partial charge in [-0.2, -0.15) is 0 Å². The van der Waals surface area contributed by atoms with Crippen LogP contribution in [0.15, 0.2) is 12.3 Å². The molecular weight excluding hydrogens is 257 g/mol. The molecule has 1 fully saturated rings. The first-order chi connectivity index (χ1) is 9.72. The second-order valence-corrected chi connectivity index (χ2v) is 5.35. The third-order valence-electron chi connectivity index (χ3n) is 3.66. The Hall–Kier alpha value is -1.20. The minimum absolute atomic E-state index is 0.215. The van der Waals surface area contributed by atoms with Crippen LogP contribution >= 0.6 is 0 Å². The third kappa shape index (κ3) is 3.90. The molecule has 0 bridgehead atoms. The van der Waals surface area contributed by atoms with E-state index in [1.165, 1.54) is 0 Å². The summed E-state index contributed by atoms with van der Waals surface area (Å²) in [7, 11) is 1.90. The van der Waals surface area contributed by atoms with Gasteiger partial charge in [0, 0.05) is 38.5 Å². The Labute approximate surface area is 120 Å². The number of hydrogen-bond donors (Lipinski definition) is 1. The minimum atomic E-state index is -0.215. The molecule has 112 valence electrons. The Kier molecular flexibility index (Phi) is 5.73. The highest BCUT2D eigenvalue weighted by Gasteiger charge is 2.19. The quantitative estimate of drug-likeness (QED) is 0.867. The van der Waals surface area contributed by atoms with Crippen LogP contribution in [0.5, 0.6) is 0 Å². The van der Waals surface area contributed by atoms with Crippen LogP contribution in [-0.2, 0) is 11.3 Å². The van der Waals surface area contributed by atoms with Crippen LogP contribution in [0.25, 0.3) is 0 Å². The van der Waals surface area contributed by atoms with Gasteiger partial charge in [0.15, 0.2) is 11.6 Å². The molecule has 2 heterocycles. The molecule has 1 atom stereocenters. The molecule has 1 aliphatic heterocycles. The number of ether oxygens (including phenoxy) is 1. The molecule has 0 radical (unpaired) electrons. The van der Waals surface area contributed by atoms with E-state index in [2.05, 4.69) is 10.3 Å². The second-order valence-electron chi connectivity index (χ2n) is 5.35. The van der Waals surface area contributed by atoms with E-state index in [1.807, 2.05) is 18.9 Å². The zero-order chi connectivity index (χ0) is 14.4. The fourth-order valence-electron chi connectivity index (χ4n) is 2.56.